The van der Waals surface area contributed by atoms with Crippen LogP contribution in [0.3, 0.4) is 0 Å². The van der Waals surface area contributed by atoms with Crippen molar-refractivity contribution in [2.24, 2.45) is 11.8 Å². The smallest absolute Gasteiger partial charge is 0.0623 e. The number of nitrogens with one attached hydrogen (secondary N) is 1. The summed E-state index contributed by atoms with van der Waals surface area (Å²) in [7, 11) is 2.12. The van der Waals surface area contributed by atoms with Gasteiger partial charge in [0.15, 0.2) is 0 Å². The average molecular weight is 225 g/mol. The van der Waals surface area contributed by atoms with Gasteiger partial charge < -0.3 is 10.1 Å². The molecule has 0 saturated carbocycles. The normalized spacial score (nSPS) is 34.9. The van der Waals surface area contributed by atoms with Crippen LogP contribution in [0.1, 0.15) is 52.4 Å². The Balaban J connectivity index is 1.89. The first-order valence-corrected chi connectivity index (χ1v) is 7.11. The van der Waals surface area contributed by atoms with Gasteiger partial charge in [0.1, 0.15) is 0 Å². The van der Waals surface area contributed by atoms with Crippen LogP contribution in [-0.2, 0) is 4.74 Å². The van der Waals surface area contributed by atoms with E-state index in [0.717, 1.165) is 11.8 Å². The highest BCUT2D eigenvalue weighted by Crippen LogP contribution is 2.41. The molecule has 2 saturated heterocycles. The summed E-state index contributed by atoms with van der Waals surface area (Å²) in [5.74, 6) is 1.67. The molecular weight excluding hydrogens is 198 g/mol. The molecule has 2 fully saturated rings. The van der Waals surface area contributed by atoms with Gasteiger partial charge in [-0.25, -0.2) is 0 Å². The molecule has 2 aliphatic rings. The molecule has 16 heavy (non-hydrogen) atoms. The first kappa shape index (κ1) is 12.4. The van der Waals surface area contributed by atoms with E-state index < -0.39 is 0 Å². The standard InChI is InChI=1S/C14H27NO/c1-4-10(5-2)8-13(15-3)12-9-11-6-7-14(12)16-11/h10-15H,4-9H2,1-3H3. The lowest BCUT2D eigenvalue weighted by molar-refractivity contribution is 0.0838. The molecule has 2 nitrogen and oxygen atoms in total. The van der Waals surface area contributed by atoms with Gasteiger partial charge in [0.25, 0.3) is 0 Å². The second-order valence-electron chi connectivity index (χ2n) is 5.59. The molecule has 0 spiro atoms. The molecule has 2 rings (SSSR count). The minimum Gasteiger partial charge on any atom is -0.375 e. The van der Waals surface area contributed by atoms with Gasteiger partial charge in [-0.3, -0.25) is 0 Å². The average Bonchev–Trinajstić information content (AvgIpc) is 2.93. The SMILES string of the molecule is CCC(CC)CC(NC)C1CC2CCC1O2. The van der Waals surface area contributed by atoms with Gasteiger partial charge in [0, 0.05) is 12.0 Å². The van der Waals surface area contributed by atoms with Gasteiger partial charge in [0.05, 0.1) is 12.2 Å². The Labute approximate surface area is 100 Å². The molecule has 2 aliphatic heterocycles. The molecule has 0 aromatic heterocycles. The van der Waals surface area contributed by atoms with Gasteiger partial charge in [-0.2, -0.15) is 0 Å². The Kier molecular flexibility index (Phi) is 4.26. The molecule has 94 valence electrons. The maximum Gasteiger partial charge on any atom is 0.0623 e. The van der Waals surface area contributed by atoms with Crippen LogP contribution >= 0.6 is 0 Å². The van der Waals surface area contributed by atoms with Crippen molar-refractivity contribution in [3.05, 3.63) is 0 Å². The summed E-state index contributed by atoms with van der Waals surface area (Å²) in [5.41, 5.74) is 0. The number of fused-ring (bicyclic) bond motifs is 2. The van der Waals surface area contributed by atoms with E-state index in [1.807, 2.05) is 0 Å². The van der Waals surface area contributed by atoms with Gasteiger partial charge in [-0.15, -0.1) is 0 Å². The summed E-state index contributed by atoms with van der Waals surface area (Å²) in [4.78, 5) is 0. The van der Waals surface area contributed by atoms with Crippen molar-refractivity contribution in [3.8, 4) is 0 Å². The van der Waals surface area contributed by atoms with Gasteiger partial charge >= 0.3 is 0 Å². The van der Waals surface area contributed by atoms with Crippen LogP contribution in [-0.4, -0.2) is 25.3 Å². The van der Waals surface area contributed by atoms with E-state index in [0.29, 0.717) is 18.2 Å². The molecule has 4 unspecified atom stereocenters. The molecule has 2 heteroatoms. The van der Waals surface area contributed by atoms with Crippen molar-refractivity contribution in [2.45, 2.75) is 70.6 Å². The first-order chi connectivity index (χ1) is 7.78. The largest absolute Gasteiger partial charge is 0.375 e. The van der Waals surface area contributed by atoms with E-state index in [-0.39, 0.29) is 0 Å². The maximum absolute atomic E-state index is 5.98. The molecule has 0 aliphatic carbocycles. The third kappa shape index (κ3) is 2.43. The molecule has 2 heterocycles. The van der Waals surface area contributed by atoms with Crippen molar-refractivity contribution in [2.75, 3.05) is 7.05 Å². The Bertz CT molecular complexity index is 215. The van der Waals surface area contributed by atoms with E-state index in [2.05, 4.69) is 26.2 Å². The first-order valence-electron chi connectivity index (χ1n) is 7.11. The van der Waals surface area contributed by atoms with Crippen LogP contribution in [0, 0.1) is 11.8 Å². The van der Waals surface area contributed by atoms with Crippen LogP contribution < -0.4 is 5.32 Å². The molecular formula is C14H27NO. The Morgan fingerprint density at radius 3 is 2.44 bits per heavy atom. The van der Waals surface area contributed by atoms with Crippen molar-refractivity contribution in [1.29, 1.82) is 0 Å². The van der Waals surface area contributed by atoms with Gasteiger partial charge in [-0.05, 0) is 38.6 Å². The monoisotopic (exact) mass is 225 g/mol. The maximum atomic E-state index is 5.98. The number of ether oxygens (including phenoxy) is 1. The highest BCUT2D eigenvalue weighted by atomic mass is 16.5. The molecule has 0 aromatic carbocycles. The lowest BCUT2D eigenvalue weighted by Crippen LogP contribution is -2.40. The fraction of sp³-hybridized carbons (Fsp3) is 1.00. The van der Waals surface area contributed by atoms with Gasteiger partial charge in [-0.1, -0.05) is 26.7 Å². The van der Waals surface area contributed by atoms with Crippen LogP contribution in [0.2, 0.25) is 0 Å². The summed E-state index contributed by atoms with van der Waals surface area (Å²) in [6, 6.07) is 0.681. The second-order valence-corrected chi connectivity index (χ2v) is 5.59. The number of rotatable bonds is 6. The van der Waals surface area contributed by atoms with E-state index in [1.54, 1.807) is 0 Å². The second kappa shape index (κ2) is 5.50. The Morgan fingerprint density at radius 1 is 1.25 bits per heavy atom. The zero-order chi connectivity index (χ0) is 11.5. The third-order valence-electron chi connectivity index (χ3n) is 4.78. The van der Waals surface area contributed by atoms with Crippen LogP contribution in [0.15, 0.2) is 0 Å². The van der Waals surface area contributed by atoms with Crippen LogP contribution in [0.5, 0.6) is 0 Å². The van der Waals surface area contributed by atoms with E-state index in [1.165, 1.54) is 38.5 Å². The van der Waals surface area contributed by atoms with E-state index >= 15 is 0 Å². The number of hydrogen-bond acceptors (Lipinski definition) is 2. The summed E-state index contributed by atoms with van der Waals surface area (Å²) in [6.45, 7) is 4.64. The van der Waals surface area contributed by atoms with Crippen molar-refractivity contribution >= 4 is 0 Å². The topological polar surface area (TPSA) is 21.3 Å². The predicted octanol–water partition coefficient (Wildman–Crippen LogP) is 2.97. The van der Waals surface area contributed by atoms with Crippen molar-refractivity contribution in [3.63, 3.8) is 0 Å². The third-order valence-corrected chi connectivity index (χ3v) is 4.78. The fourth-order valence-corrected chi connectivity index (χ4v) is 3.59. The summed E-state index contributed by atoms with van der Waals surface area (Å²) >= 11 is 0. The van der Waals surface area contributed by atoms with E-state index in [9.17, 15) is 0 Å². The molecule has 2 bridgehead atoms. The molecule has 0 amide bonds. The lowest BCUT2D eigenvalue weighted by atomic mass is 9.79. The minimum atomic E-state index is 0.566. The molecule has 1 N–H and O–H groups in total. The lowest BCUT2D eigenvalue weighted by Gasteiger charge is -2.30. The predicted molar refractivity (Wildman–Crippen MR) is 67.5 cm³/mol. The highest BCUT2D eigenvalue weighted by Gasteiger charge is 2.44. The van der Waals surface area contributed by atoms with Gasteiger partial charge in [0.2, 0.25) is 0 Å². The van der Waals surface area contributed by atoms with E-state index in [4.69, 9.17) is 4.74 Å². The highest BCUT2D eigenvalue weighted by molar-refractivity contribution is 4.95. The molecule has 0 aromatic rings. The summed E-state index contributed by atoms with van der Waals surface area (Å²) in [5, 5.41) is 3.55. The van der Waals surface area contributed by atoms with Crippen LogP contribution in [0.4, 0.5) is 0 Å². The fourth-order valence-electron chi connectivity index (χ4n) is 3.59. The van der Waals surface area contributed by atoms with Crippen molar-refractivity contribution < 1.29 is 4.74 Å². The zero-order valence-corrected chi connectivity index (χ0v) is 11.0. The van der Waals surface area contributed by atoms with Crippen molar-refractivity contribution in [1.82, 2.24) is 5.32 Å². The summed E-state index contributed by atoms with van der Waals surface area (Å²) in [6.07, 6.45) is 9.03. The molecule has 4 atom stereocenters. The Hall–Kier alpha value is -0.0800. The zero-order valence-electron chi connectivity index (χ0n) is 11.0. The summed E-state index contributed by atoms with van der Waals surface area (Å²) < 4.78 is 5.98. The minimum absolute atomic E-state index is 0.566. The number of hydrogen-bond donors (Lipinski definition) is 1. The quantitative estimate of drug-likeness (QED) is 0.750. The Morgan fingerprint density at radius 2 is 2.00 bits per heavy atom. The van der Waals surface area contributed by atoms with Crippen LogP contribution in [0.25, 0.3) is 0 Å². The molecule has 0 radical (unpaired) electrons.